The molecular formula is C18H26IN5. The van der Waals surface area contributed by atoms with Gasteiger partial charge < -0.3 is 10.2 Å². The molecule has 130 valence electrons. The molecule has 6 heteroatoms. The van der Waals surface area contributed by atoms with Gasteiger partial charge in [0, 0.05) is 33.4 Å². The zero-order chi connectivity index (χ0) is 16.1. The number of nitrogens with one attached hydrogen (secondary N) is 1. The van der Waals surface area contributed by atoms with Crippen molar-refractivity contribution in [1.29, 1.82) is 0 Å². The molecule has 1 aromatic carbocycles. The second-order valence-electron chi connectivity index (χ2n) is 6.14. The van der Waals surface area contributed by atoms with Gasteiger partial charge in [-0.05, 0) is 30.4 Å². The van der Waals surface area contributed by atoms with Crippen molar-refractivity contribution in [2.75, 3.05) is 20.1 Å². The van der Waals surface area contributed by atoms with Crippen molar-refractivity contribution in [2.45, 2.75) is 19.4 Å². The lowest BCUT2D eigenvalue weighted by Crippen LogP contribution is -2.40. The molecule has 1 unspecified atom stereocenters. The van der Waals surface area contributed by atoms with Gasteiger partial charge in [-0.1, -0.05) is 30.3 Å². The number of aromatic nitrogens is 2. The number of halogens is 1. The number of hydrogen-bond acceptors (Lipinski definition) is 2. The number of rotatable bonds is 4. The first-order valence-electron chi connectivity index (χ1n) is 8.22. The third-order valence-electron chi connectivity index (χ3n) is 4.51. The van der Waals surface area contributed by atoms with Gasteiger partial charge in [-0.15, -0.1) is 24.0 Å². The number of nitrogens with zero attached hydrogens (tertiary/aromatic N) is 4. The Morgan fingerprint density at radius 1 is 1.29 bits per heavy atom. The highest BCUT2D eigenvalue weighted by molar-refractivity contribution is 14.0. The van der Waals surface area contributed by atoms with E-state index >= 15 is 0 Å². The highest BCUT2D eigenvalue weighted by atomic mass is 127. The minimum Gasteiger partial charge on any atom is -0.351 e. The summed E-state index contributed by atoms with van der Waals surface area (Å²) < 4.78 is 1.89. The quantitative estimate of drug-likeness (QED) is 0.453. The standard InChI is InChI=1S/C18H25N5.HI/c1-19-18(20-13-17-8-10-21-22(17)2)23-11-9-16(14-23)12-15-6-4-3-5-7-15;/h3-8,10,16H,9,11-14H2,1-2H3,(H,19,20);1H. The molecule has 0 amide bonds. The summed E-state index contributed by atoms with van der Waals surface area (Å²) in [6.07, 6.45) is 4.20. The lowest BCUT2D eigenvalue weighted by molar-refractivity contribution is 0.458. The third-order valence-corrected chi connectivity index (χ3v) is 4.51. The summed E-state index contributed by atoms with van der Waals surface area (Å²) in [5.74, 6) is 1.69. The smallest absolute Gasteiger partial charge is 0.193 e. The van der Waals surface area contributed by atoms with Gasteiger partial charge in [-0.3, -0.25) is 9.67 Å². The van der Waals surface area contributed by atoms with E-state index in [1.807, 2.05) is 31.0 Å². The predicted octanol–water partition coefficient (Wildman–Crippen LogP) is 2.68. The molecule has 1 N–H and O–H groups in total. The second kappa shape index (κ2) is 9.05. The monoisotopic (exact) mass is 439 g/mol. The van der Waals surface area contributed by atoms with Crippen LogP contribution in [0.3, 0.4) is 0 Å². The Labute approximate surface area is 161 Å². The van der Waals surface area contributed by atoms with Crippen molar-refractivity contribution in [2.24, 2.45) is 18.0 Å². The number of aryl methyl sites for hydroxylation is 1. The van der Waals surface area contributed by atoms with Crippen LogP contribution in [-0.2, 0) is 20.0 Å². The lowest BCUT2D eigenvalue weighted by Gasteiger charge is -2.21. The summed E-state index contributed by atoms with van der Waals surface area (Å²) in [5.41, 5.74) is 2.59. The second-order valence-corrected chi connectivity index (χ2v) is 6.14. The van der Waals surface area contributed by atoms with Gasteiger partial charge in [0.2, 0.25) is 0 Å². The van der Waals surface area contributed by atoms with Crippen molar-refractivity contribution in [3.63, 3.8) is 0 Å². The van der Waals surface area contributed by atoms with Gasteiger partial charge in [0.25, 0.3) is 0 Å². The fraction of sp³-hybridized carbons (Fsp3) is 0.444. The normalized spacial score (nSPS) is 17.7. The summed E-state index contributed by atoms with van der Waals surface area (Å²) in [6.45, 7) is 2.89. The van der Waals surface area contributed by atoms with E-state index < -0.39 is 0 Å². The zero-order valence-corrected chi connectivity index (χ0v) is 16.7. The fourth-order valence-electron chi connectivity index (χ4n) is 3.22. The molecule has 0 radical (unpaired) electrons. The summed E-state index contributed by atoms with van der Waals surface area (Å²) in [6, 6.07) is 12.8. The Morgan fingerprint density at radius 2 is 2.08 bits per heavy atom. The van der Waals surface area contributed by atoms with Gasteiger partial charge in [0.1, 0.15) is 0 Å². The van der Waals surface area contributed by atoms with Crippen LogP contribution >= 0.6 is 24.0 Å². The SMILES string of the molecule is CN=C(NCc1ccnn1C)N1CCC(Cc2ccccc2)C1.I. The van der Waals surface area contributed by atoms with Crippen LogP contribution in [0.2, 0.25) is 0 Å². The van der Waals surface area contributed by atoms with Gasteiger partial charge in [-0.25, -0.2) is 0 Å². The number of likely N-dealkylation sites (tertiary alicyclic amines) is 1. The van der Waals surface area contributed by atoms with E-state index in [0.29, 0.717) is 5.92 Å². The van der Waals surface area contributed by atoms with E-state index in [4.69, 9.17) is 0 Å². The van der Waals surface area contributed by atoms with Gasteiger partial charge in [0.05, 0.1) is 12.2 Å². The molecule has 1 aliphatic heterocycles. The van der Waals surface area contributed by atoms with Crippen molar-refractivity contribution in [1.82, 2.24) is 20.0 Å². The van der Waals surface area contributed by atoms with E-state index in [2.05, 4.69) is 50.6 Å². The molecule has 1 aliphatic rings. The van der Waals surface area contributed by atoms with Crippen molar-refractivity contribution >= 4 is 29.9 Å². The first-order valence-corrected chi connectivity index (χ1v) is 8.22. The van der Waals surface area contributed by atoms with Crippen LogP contribution in [0.1, 0.15) is 17.7 Å². The molecule has 2 heterocycles. The van der Waals surface area contributed by atoms with E-state index in [1.165, 1.54) is 12.0 Å². The largest absolute Gasteiger partial charge is 0.351 e. The Hall–Kier alpha value is -1.57. The number of aliphatic imine (C=N–C) groups is 1. The molecule has 2 aromatic rings. The number of hydrogen-bond donors (Lipinski definition) is 1. The summed E-state index contributed by atoms with van der Waals surface area (Å²) in [7, 11) is 3.82. The van der Waals surface area contributed by atoms with Crippen LogP contribution in [0.15, 0.2) is 47.6 Å². The Morgan fingerprint density at radius 3 is 2.75 bits per heavy atom. The molecule has 0 spiro atoms. The van der Waals surface area contributed by atoms with E-state index in [0.717, 1.165) is 37.7 Å². The van der Waals surface area contributed by atoms with Crippen LogP contribution in [0.5, 0.6) is 0 Å². The first kappa shape index (κ1) is 18.8. The number of guanidine groups is 1. The molecule has 0 bridgehead atoms. The molecule has 1 atom stereocenters. The van der Waals surface area contributed by atoms with E-state index in [-0.39, 0.29) is 24.0 Å². The molecule has 0 saturated carbocycles. The van der Waals surface area contributed by atoms with Crippen LogP contribution in [0, 0.1) is 5.92 Å². The van der Waals surface area contributed by atoms with Crippen LogP contribution in [0.25, 0.3) is 0 Å². The molecule has 1 fully saturated rings. The fourth-order valence-corrected chi connectivity index (χ4v) is 3.22. The van der Waals surface area contributed by atoms with Crippen molar-refractivity contribution in [3.8, 4) is 0 Å². The van der Waals surface area contributed by atoms with Crippen molar-refractivity contribution < 1.29 is 0 Å². The minimum absolute atomic E-state index is 0. The maximum absolute atomic E-state index is 4.44. The van der Waals surface area contributed by atoms with E-state index in [9.17, 15) is 0 Å². The topological polar surface area (TPSA) is 45.5 Å². The molecule has 3 rings (SSSR count). The Kier molecular flexibility index (Phi) is 7.08. The number of benzene rings is 1. The summed E-state index contributed by atoms with van der Waals surface area (Å²) in [5, 5.41) is 7.65. The minimum atomic E-state index is 0. The van der Waals surface area contributed by atoms with Crippen LogP contribution < -0.4 is 5.32 Å². The molecular weight excluding hydrogens is 413 g/mol. The van der Waals surface area contributed by atoms with Crippen molar-refractivity contribution in [3.05, 3.63) is 53.9 Å². The van der Waals surface area contributed by atoms with Crippen LogP contribution in [0.4, 0.5) is 0 Å². The average Bonchev–Trinajstić information content (AvgIpc) is 3.19. The first-order chi connectivity index (χ1) is 11.3. The zero-order valence-electron chi connectivity index (χ0n) is 14.4. The maximum Gasteiger partial charge on any atom is 0.193 e. The van der Waals surface area contributed by atoms with Gasteiger partial charge in [-0.2, -0.15) is 5.10 Å². The molecule has 1 aromatic heterocycles. The molecule has 1 saturated heterocycles. The van der Waals surface area contributed by atoms with Crippen LogP contribution in [-0.4, -0.2) is 40.8 Å². The Bertz CT molecular complexity index is 652. The predicted molar refractivity (Wildman–Crippen MR) is 109 cm³/mol. The maximum atomic E-state index is 4.44. The third kappa shape index (κ3) is 4.72. The Balaban J connectivity index is 0.00000208. The van der Waals surface area contributed by atoms with E-state index in [1.54, 1.807) is 0 Å². The molecule has 24 heavy (non-hydrogen) atoms. The van der Waals surface area contributed by atoms with Gasteiger partial charge in [0.15, 0.2) is 5.96 Å². The summed E-state index contributed by atoms with van der Waals surface area (Å²) >= 11 is 0. The molecule has 0 aliphatic carbocycles. The lowest BCUT2D eigenvalue weighted by atomic mass is 9.99. The average molecular weight is 439 g/mol. The highest BCUT2D eigenvalue weighted by Crippen LogP contribution is 2.20. The highest BCUT2D eigenvalue weighted by Gasteiger charge is 2.24. The summed E-state index contributed by atoms with van der Waals surface area (Å²) in [4.78, 5) is 6.81. The van der Waals surface area contributed by atoms with Gasteiger partial charge >= 0.3 is 0 Å². The molecule has 5 nitrogen and oxygen atoms in total.